The Morgan fingerprint density at radius 1 is 1.42 bits per heavy atom. The molecule has 0 fully saturated rings. The largest absolute Gasteiger partial charge is 0.343 e. The highest BCUT2D eigenvalue weighted by Gasteiger charge is 2.18. The van der Waals surface area contributed by atoms with Crippen LogP contribution in [0, 0.1) is 18.3 Å². The highest BCUT2D eigenvalue weighted by Crippen LogP contribution is 2.16. The molecule has 0 N–H and O–H groups in total. The zero-order valence-corrected chi connectivity index (χ0v) is 11.2. The van der Waals surface area contributed by atoms with Gasteiger partial charge in [0.1, 0.15) is 11.6 Å². The van der Waals surface area contributed by atoms with Gasteiger partial charge in [-0.25, -0.2) is 9.36 Å². The second kappa shape index (κ2) is 4.57. The van der Waals surface area contributed by atoms with Gasteiger partial charge in [0, 0.05) is 27.3 Å². The molecular weight excluding hydrogens is 244 g/mol. The van der Waals surface area contributed by atoms with E-state index in [1.165, 1.54) is 9.58 Å². The Hall–Kier alpha value is -2.62. The topological polar surface area (TPSA) is 79.7 Å². The molecule has 0 aliphatic carbocycles. The molecule has 2 heterocycles. The van der Waals surface area contributed by atoms with Crippen LogP contribution in [0.4, 0.5) is 0 Å². The fourth-order valence-corrected chi connectivity index (χ4v) is 1.82. The average molecular weight is 258 g/mol. The third-order valence-corrected chi connectivity index (χ3v) is 2.74. The van der Waals surface area contributed by atoms with E-state index in [1.807, 2.05) is 0 Å². The monoisotopic (exact) mass is 258 g/mol. The molecule has 0 saturated heterocycles. The van der Waals surface area contributed by atoms with Gasteiger partial charge in [-0.15, -0.1) is 0 Å². The number of hydrogen-bond acceptors (Lipinski definition) is 4. The number of amides is 1. The number of hydrogen-bond donors (Lipinski definition) is 0. The van der Waals surface area contributed by atoms with Gasteiger partial charge in [-0.1, -0.05) is 0 Å². The Morgan fingerprint density at radius 3 is 2.68 bits per heavy atom. The molecule has 0 aliphatic rings. The lowest BCUT2D eigenvalue weighted by Crippen LogP contribution is -2.22. The van der Waals surface area contributed by atoms with Crippen LogP contribution in [-0.2, 0) is 7.05 Å². The average Bonchev–Trinajstić information content (AvgIpc) is 2.92. The molecule has 0 radical (unpaired) electrons. The van der Waals surface area contributed by atoms with E-state index in [9.17, 15) is 4.79 Å². The van der Waals surface area contributed by atoms with Gasteiger partial charge in [0.25, 0.3) is 5.91 Å². The highest BCUT2D eigenvalue weighted by molar-refractivity contribution is 5.91. The van der Waals surface area contributed by atoms with Crippen LogP contribution in [0.5, 0.6) is 0 Å². The van der Waals surface area contributed by atoms with Gasteiger partial charge in [0.2, 0.25) is 0 Å². The summed E-state index contributed by atoms with van der Waals surface area (Å²) < 4.78 is 3.07. The second-order valence-corrected chi connectivity index (χ2v) is 4.36. The van der Waals surface area contributed by atoms with E-state index in [1.54, 1.807) is 45.0 Å². The number of aromatic nitrogens is 4. The van der Waals surface area contributed by atoms with Crippen molar-refractivity contribution in [1.29, 1.82) is 5.26 Å². The van der Waals surface area contributed by atoms with Crippen molar-refractivity contribution in [2.24, 2.45) is 7.05 Å². The Morgan fingerprint density at radius 2 is 2.11 bits per heavy atom. The summed E-state index contributed by atoms with van der Waals surface area (Å²) in [5.74, 6) is 0.369. The number of carbonyl (C=O) groups is 1. The summed E-state index contributed by atoms with van der Waals surface area (Å²) in [6, 6.07) is 3.72. The van der Waals surface area contributed by atoms with E-state index >= 15 is 0 Å². The maximum Gasteiger partial charge on any atom is 0.273 e. The van der Waals surface area contributed by atoms with Crippen LogP contribution in [-0.4, -0.2) is 44.5 Å². The molecule has 2 aromatic rings. The first-order valence-electron chi connectivity index (χ1n) is 5.67. The molecule has 98 valence electrons. The third kappa shape index (κ3) is 2.08. The maximum atomic E-state index is 11.8. The molecular formula is C12H14N6O. The van der Waals surface area contributed by atoms with Gasteiger partial charge >= 0.3 is 0 Å². The quantitative estimate of drug-likeness (QED) is 0.785. The third-order valence-electron chi connectivity index (χ3n) is 2.74. The number of carbonyl (C=O) groups excluding carboxylic acids is 1. The Kier molecular flexibility index (Phi) is 3.09. The van der Waals surface area contributed by atoms with Gasteiger partial charge < -0.3 is 4.90 Å². The van der Waals surface area contributed by atoms with Gasteiger partial charge in [0.15, 0.2) is 11.5 Å². The maximum absolute atomic E-state index is 11.8. The van der Waals surface area contributed by atoms with E-state index in [2.05, 4.69) is 16.3 Å². The summed E-state index contributed by atoms with van der Waals surface area (Å²) in [7, 11) is 5.06. The van der Waals surface area contributed by atoms with E-state index < -0.39 is 0 Å². The van der Waals surface area contributed by atoms with Crippen LogP contribution in [0.15, 0.2) is 12.3 Å². The van der Waals surface area contributed by atoms with Crippen molar-refractivity contribution >= 4 is 5.91 Å². The molecule has 0 bridgehead atoms. The van der Waals surface area contributed by atoms with E-state index in [0.29, 0.717) is 22.8 Å². The predicted octanol–water partition coefficient (Wildman–Crippen LogP) is 0.488. The molecule has 19 heavy (non-hydrogen) atoms. The Labute approximate surface area is 110 Å². The minimum atomic E-state index is -0.184. The zero-order chi connectivity index (χ0) is 14.2. The smallest absolute Gasteiger partial charge is 0.273 e. The molecule has 0 atom stereocenters. The minimum absolute atomic E-state index is 0.184. The molecule has 0 saturated carbocycles. The summed E-state index contributed by atoms with van der Waals surface area (Å²) in [6.07, 6.45) is 1.65. The van der Waals surface area contributed by atoms with E-state index in [-0.39, 0.29) is 5.91 Å². The Bertz CT molecular complexity index is 673. The van der Waals surface area contributed by atoms with Crippen molar-refractivity contribution < 1.29 is 4.79 Å². The summed E-state index contributed by atoms with van der Waals surface area (Å²) in [5.41, 5.74) is 1.41. The van der Waals surface area contributed by atoms with Crippen LogP contribution in [0.1, 0.15) is 21.7 Å². The highest BCUT2D eigenvalue weighted by atomic mass is 16.2. The first kappa shape index (κ1) is 12.8. The zero-order valence-electron chi connectivity index (χ0n) is 11.2. The van der Waals surface area contributed by atoms with Gasteiger partial charge in [-0.3, -0.25) is 4.79 Å². The molecule has 7 heteroatoms. The first-order chi connectivity index (χ1) is 8.95. The van der Waals surface area contributed by atoms with Gasteiger partial charge in [-0.2, -0.15) is 15.5 Å². The minimum Gasteiger partial charge on any atom is -0.343 e. The normalized spacial score (nSPS) is 10.3. The van der Waals surface area contributed by atoms with Crippen LogP contribution in [0.3, 0.4) is 0 Å². The lowest BCUT2D eigenvalue weighted by Gasteiger charge is -2.07. The molecule has 7 nitrogen and oxygen atoms in total. The number of rotatable bonds is 2. The van der Waals surface area contributed by atoms with Crippen LogP contribution >= 0.6 is 0 Å². The summed E-state index contributed by atoms with van der Waals surface area (Å²) >= 11 is 0. The molecule has 0 spiro atoms. The van der Waals surface area contributed by atoms with Crippen molar-refractivity contribution in [3.8, 4) is 11.9 Å². The first-order valence-corrected chi connectivity index (χ1v) is 5.67. The molecule has 0 aromatic carbocycles. The second-order valence-electron chi connectivity index (χ2n) is 4.36. The van der Waals surface area contributed by atoms with Crippen LogP contribution in [0.25, 0.3) is 5.82 Å². The number of nitrogens with zero attached hydrogens (tertiary/aromatic N) is 6. The lowest BCUT2D eigenvalue weighted by molar-refractivity contribution is 0.0821. The van der Waals surface area contributed by atoms with Gasteiger partial charge in [-0.05, 0) is 13.0 Å². The summed E-state index contributed by atoms with van der Waals surface area (Å²) in [5, 5.41) is 17.5. The number of nitriles is 1. The predicted molar refractivity (Wildman–Crippen MR) is 67.8 cm³/mol. The standard InChI is InChI=1S/C12H14N6O/c1-8-9(7-13)11(17(4)14-8)18-6-5-10(15-18)12(19)16(2)3/h5-6H,1-4H3. The van der Waals surface area contributed by atoms with Crippen molar-refractivity contribution in [2.45, 2.75) is 6.92 Å². The lowest BCUT2D eigenvalue weighted by atomic mass is 10.3. The van der Waals surface area contributed by atoms with E-state index in [0.717, 1.165) is 0 Å². The SMILES string of the molecule is Cc1nn(C)c(-n2ccc(C(=O)N(C)C)n2)c1C#N. The van der Waals surface area contributed by atoms with E-state index in [4.69, 9.17) is 5.26 Å². The molecule has 2 rings (SSSR count). The fraction of sp³-hybridized carbons (Fsp3) is 0.333. The molecule has 2 aromatic heterocycles. The van der Waals surface area contributed by atoms with Crippen LogP contribution < -0.4 is 0 Å². The fourth-order valence-electron chi connectivity index (χ4n) is 1.82. The summed E-state index contributed by atoms with van der Waals surface area (Å²) in [6.45, 7) is 1.76. The van der Waals surface area contributed by atoms with Crippen molar-refractivity contribution in [3.05, 3.63) is 29.2 Å². The number of aryl methyl sites for hydroxylation is 2. The summed E-state index contributed by atoms with van der Waals surface area (Å²) in [4.78, 5) is 13.2. The van der Waals surface area contributed by atoms with Crippen LogP contribution in [0.2, 0.25) is 0 Å². The van der Waals surface area contributed by atoms with Gasteiger partial charge in [0.05, 0.1) is 5.69 Å². The Balaban J connectivity index is 2.50. The van der Waals surface area contributed by atoms with Crippen molar-refractivity contribution in [1.82, 2.24) is 24.5 Å². The van der Waals surface area contributed by atoms with Crippen molar-refractivity contribution in [2.75, 3.05) is 14.1 Å². The molecule has 1 amide bonds. The van der Waals surface area contributed by atoms with Crippen molar-refractivity contribution in [3.63, 3.8) is 0 Å². The molecule has 0 aliphatic heterocycles. The molecule has 0 unspecified atom stereocenters.